The predicted octanol–water partition coefficient (Wildman–Crippen LogP) is 8.29. The van der Waals surface area contributed by atoms with Crippen LogP contribution in [0.5, 0.6) is 11.5 Å². The third-order valence-electron chi connectivity index (χ3n) is 4.13. The van der Waals surface area contributed by atoms with Crippen molar-refractivity contribution in [3.8, 4) is 11.5 Å². The highest BCUT2D eigenvalue weighted by Gasteiger charge is 2.24. The van der Waals surface area contributed by atoms with Crippen LogP contribution in [0.15, 0.2) is 51.9 Å². The largest absolute Gasteiger partial charge is 0.490 e. The normalized spacial score (nSPS) is 13.6. The molecule has 5 nitrogen and oxygen atoms in total. The first-order valence-corrected chi connectivity index (χ1v) is 17.2. The maximum Gasteiger partial charge on any atom is 0.206 e. The number of alkyl halides is 3. The third kappa shape index (κ3) is 8.41. The van der Waals surface area contributed by atoms with Gasteiger partial charge in [-0.2, -0.15) is 0 Å². The Balaban J connectivity index is 2.33. The number of halogens is 7. The lowest BCUT2D eigenvalue weighted by Gasteiger charge is -2.18. The highest BCUT2D eigenvalue weighted by atomic mass is 79.9. The van der Waals surface area contributed by atoms with Crippen molar-refractivity contribution in [2.24, 2.45) is 0 Å². The Bertz CT molecular complexity index is 1020. The van der Waals surface area contributed by atoms with Crippen LogP contribution in [-0.4, -0.2) is 49.8 Å². The summed E-state index contributed by atoms with van der Waals surface area (Å²) >= 11 is 24.0. The summed E-state index contributed by atoms with van der Waals surface area (Å²) < 4.78 is 46.1. The van der Waals surface area contributed by atoms with Gasteiger partial charge < -0.3 is 14.2 Å². The highest BCUT2D eigenvalue weighted by Crippen LogP contribution is 2.41. The minimum absolute atomic E-state index is 0.114. The average molecular weight is 931 g/mol. The van der Waals surface area contributed by atoms with E-state index >= 15 is 0 Å². The van der Waals surface area contributed by atoms with Crippen LogP contribution in [0, 0.1) is 0 Å². The van der Waals surface area contributed by atoms with E-state index in [0.29, 0.717) is 54.5 Å². The zero-order chi connectivity index (χ0) is 24.8. The summed E-state index contributed by atoms with van der Waals surface area (Å²) in [4.78, 5) is 0.351. The number of ether oxygens (including phenoxy) is 3. The van der Waals surface area contributed by atoms with E-state index in [1.165, 1.54) is 24.3 Å². The van der Waals surface area contributed by atoms with Gasteiger partial charge in [0.1, 0.15) is 30.8 Å². The summed E-state index contributed by atoms with van der Waals surface area (Å²) in [6, 6.07) is 6.11. The number of hydrogen-bond acceptors (Lipinski definition) is 5. The molecule has 0 aliphatic carbocycles. The Hall–Kier alpha value is 1.31. The van der Waals surface area contributed by atoms with E-state index in [0.717, 1.165) is 5.33 Å². The highest BCUT2D eigenvalue weighted by molar-refractivity contribution is 9.12. The Morgan fingerprint density at radius 2 is 1.21 bits per heavy atom. The molecule has 0 heterocycles. The molecule has 2 unspecified atom stereocenters. The fourth-order valence-corrected chi connectivity index (χ4v) is 8.06. The molecular formula is C20H19Br7O5S. The van der Waals surface area contributed by atoms with E-state index in [-0.39, 0.29) is 20.7 Å². The van der Waals surface area contributed by atoms with Crippen molar-refractivity contribution in [2.45, 2.75) is 27.6 Å². The Labute approximate surface area is 252 Å². The molecular weight excluding hydrogens is 912 g/mol. The van der Waals surface area contributed by atoms with Crippen molar-refractivity contribution in [3.05, 3.63) is 42.2 Å². The topological polar surface area (TPSA) is 61.8 Å². The minimum Gasteiger partial charge on any atom is -0.490 e. The number of hydrogen-bond donors (Lipinski definition) is 0. The molecule has 0 amide bonds. The first-order valence-electron chi connectivity index (χ1n) is 9.41. The van der Waals surface area contributed by atoms with Gasteiger partial charge in [-0.1, -0.05) is 47.8 Å². The van der Waals surface area contributed by atoms with Gasteiger partial charge in [-0.25, -0.2) is 8.42 Å². The first-order chi connectivity index (χ1) is 15.5. The van der Waals surface area contributed by atoms with Crippen LogP contribution in [-0.2, 0) is 14.6 Å². The molecule has 2 atom stereocenters. The second-order valence-electron chi connectivity index (χ2n) is 6.54. The van der Waals surface area contributed by atoms with Gasteiger partial charge in [0.2, 0.25) is 9.84 Å². The Kier molecular flexibility index (Phi) is 13.2. The summed E-state index contributed by atoms with van der Waals surface area (Å²) in [6.07, 6.45) is -0.123. The van der Waals surface area contributed by atoms with Crippen molar-refractivity contribution >= 4 is 121 Å². The molecule has 0 bridgehead atoms. The van der Waals surface area contributed by atoms with Gasteiger partial charge in [0.05, 0.1) is 32.5 Å². The van der Waals surface area contributed by atoms with E-state index < -0.39 is 9.84 Å². The molecule has 0 fully saturated rings. The van der Waals surface area contributed by atoms with Crippen LogP contribution < -0.4 is 9.47 Å². The predicted molar refractivity (Wildman–Crippen MR) is 156 cm³/mol. The van der Waals surface area contributed by atoms with E-state index in [1.807, 2.05) is 6.92 Å². The lowest BCUT2D eigenvalue weighted by atomic mass is 10.3. The van der Waals surface area contributed by atoms with Crippen LogP contribution in [0.3, 0.4) is 0 Å². The molecule has 33 heavy (non-hydrogen) atoms. The molecule has 0 aliphatic heterocycles. The summed E-state index contributed by atoms with van der Waals surface area (Å²) in [5.41, 5.74) is 0. The van der Waals surface area contributed by atoms with Crippen LogP contribution in [0.4, 0.5) is 0 Å². The lowest BCUT2D eigenvalue weighted by molar-refractivity contribution is 0.0436. The number of rotatable bonds is 12. The maximum atomic E-state index is 13.4. The third-order valence-corrected chi connectivity index (χ3v) is 11.2. The molecule has 0 saturated carbocycles. The van der Waals surface area contributed by atoms with Crippen molar-refractivity contribution in [2.75, 3.05) is 30.5 Å². The van der Waals surface area contributed by atoms with Gasteiger partial charge in [-0.3, -0.25) is 0 Å². The minimum atomic E-state index is -3.82. The van der Waals surface area contributed by atoms with Crippen molar-refractivity contribution < 1.29 is 22.6 Å². The molecule has 13 heteroatoms. The van der Waals surface area contributed by atoms with Crippen molar-refractivity contribution in [3.63, 3.8) is 0 Å². The van der Waals surface area contributed by atoms with Crippen LogP contribution in [0.1, 0.15) is 6.92 Å². The zero-order valence-corrected chi connectivity index (χ0v) is 29.0. The monoisotopic (exact) mass is 924 g/mol. The number of sulfone groups is 1. The Morgan fingerprint density at radius 3 is 1.58 bits per heavy atom. The average Bonchev–Trinajstić information content (AvgIpc) is 2.76. The fraction of sp³-hybridized carbons (Fsp3) is 0.400. The molecule has 0 N–H and O–H groups in total. The summed E-state index contributed by atoms with van der Waals surface area (Å²) in [5.74, 6) is 1.03. The molecule has 2 aromatic carbocycles. The van der Waals surface area contributed by atoms with Gasteiger partial charge in [0.25, 0.3) is 0 Å². The first kappa shape index (κ1) is 30.5. The van der Waals surface area contributed by atoms with E-state index in [4.69, 9.17) is 14.2 Å². The van der Waals surface area contributed by atoms with Gasteiger partial charge in [-0.15, -0.1) is 0 Å². The zero-order valence-electron chi connectivity index (χ0n) is 17.1. The molecule has 0 saturated heterocycles. The van der Waals surface area contributed by atoms with Crippen LogP contribution in [0.2, 0.25) is 0 Å². The van der Waals surface area contributed by atoms with E-state index in [2.05, 4.69) is 112 Å². The summed E-state index contributed by atoms with van der Waals surface area (Å²) in [6.45, 7) is 3.21. The second-order valence-corrected chi connectivity index (χ2v) is 14.5. The van der Waals surface area contributed by atoms with Crippen LogP contribution in [0.25, 0.3) is 0 Å². The van der Waals surface area contributed by atoms with Gasteiger partial charge in [0.15, 0.2) is 0 Å². The van der Waals surface area contributed by atoms with Gasteiger partial charge in [0, 0.05) is 17.3 Å². The van der Waals surface area contributed by atoms with Crippen LogP contribution >= 0.6 is 112 Å². The summed E-state index contributed by atoms with van der Waals surface area (Å²) in [7, 11) is -3.82. The molecule has 0 radical (unpaired) electrons. The second kappa shape index (κ2) is 14.3. The van der Waals surface area contributed by atoms with Gasteiger partial charge >= 0.3 is 0 Å². The van der Waals surface area contributed by atoms with E-state index in [9.17, 15) is 8.42 Å². The lowest BCUT2D eigenvalue weighted by Crippen LogP contribution is -2.23. The molecule has 2 rings (SSSR count). The van der Waals surface area contributed by atoms with Gasteiger partial charge in [-0.05, 0) is 94.9 Å². The fourth-order valence-electron chi connectivity index (χ4n) is 2.56. The molecule has 0 spiro atoms. The smallest absolute Gasteiger partial charge is 0.206 e. The van der Waals surface area contributed by atoms with Crippen molar-refractivity contribution in [1.29, 1.82) is 0 Å². The number of benzene rings is 2. The quantitative estimate of drug-likeness (QED) is 0.201. The van der Waals surface area contributed by atoms with E-state index in [1.54, 1.807) is 0 Å². The Morgan fingerprint density at radius 1 is 0.788 bits per heavy atom. The molecule has 0 aliphatic rings. The molecule has 2 aromatic rings. The maximum absolute atomic E-state index is 13.4. The van der Waals surface area contributed by atoms with Crippen molar-refractivity contribution in [1.82, 2.24) is 0 Å². The standard InChI is InChI=1S/C20H19Br7O5S/c1-2-30-12(8-22)10-32-20-17(26)5-14(6-18(20)27)33(28,29)13-3-15(24)19(16(25)4-13)31-9-11(23)7-21/h3-6,11-12H,2,7-10H2,1H3. The molecule has 0 aromatic heterocycles. The SMILES string of the molecule is CCOC(CBr)COc1c(Br)cc(S(=O)(=O)c2cc(Br)c(OCC(Br)CBr)c(Br)c2)cc1Br. The summed E-state index contributed by atoms with van der Waals surface area (Å²) in [5, 5.41) is 1.35. The molecule has 184 valence electrons.